The van der Waals surface area contributed by atoms with Crippen LogP contribution in [0.4, 0.5) is 10.1 Å². The van der Waals surface area contributed by atoms with Crippen LogP contribution in [0.2, 0.25) is 0 Å². The molecule has 1 heterocycles. The molecule has 0 bridgehead atoms. The molecular formula is C20H16FNO4S. The van der Waals surface area contributed by atoms with Crippen molar-refractivity contribution < 1.29 is 23.5 Å². The summed E-state index contributed by atoms with van der Waals surface area (Å²) >= 11 is 1.10. The highest BCUT2D eigenvalue weighted by Crippen LogP contribution is 2.28. The molecule has 1 N–H and O–H groups in total. The van der Waals surface area contributed by atoms with Crippen molar-refractivity contribution >= 4 is 44.8 Å². The number of anilines is 1. The summed E-state index contributed by atoms with van der Waals surface area (Å²) in [6.07, 6.45) is -1.06. The van der Waals surface area contributed by atoms with Gasteiger partial charge in [-0.3, -0.25) is 9.59 Å². The van der Waals surface area contributed by atoms with Crippen LogP contribution in [0.3, 0.4) is 0 Å². The lowest BCUT2D eigenvalue weighted by Crippen LogP contribution is -2.29. The van der Waals surface area contributed by atoms with E-state index in [0.29, 0.717) is 21.3 Å². The summed E-state index contributed by atoms with van der Waals surface area (Å²) in [7, 11) is 0. The fraction of sp³-hybridized carbons (Fsp3) is 0.150. The normalized spacial score (nSPS) is 11.8. The van der Waals surface area contributed by atoms with Gasteiger partial charge in [0.2, 0.25) is 0 Å². The predicted octanol–water partition coefficient (Wildman–Crippen LogP) is 4.43. The molecule has 27 heavy (non-hydrogen) atoms. The minimum absolute atomic E-state index is 0.123. The maximum Gasteiger partial charge on any atom is 0.349 e. The van der Waals surface area contributed by atoms with Crippen molar-refractivity contribution in [2.24, 2.45) is 0 Å². The van der Waals surface area contributed by atoms with Crippen LogP contribution in [-0.4, -0.2) is 23.8 Å². The van der Waals surface area contributed by atoms with Gasteiger partial charge in [0.15, 0.2) is 11.9 Å². The minimum atomic E-state index is -1.06. The van der Waals surface area contributed by atoms with Gasteiger partial charge in [0.25, 0.3) is 5.91 Å². The Kier molecular flexibility index (Phi) is 5.32. The Bertz CT molecular complexity index is 1040. The Hall–Kier alpha value is -3.06. The van der Waals surface area contributed by atoms with Crippen LogP contribution in [0.25, 0.3) is 10.1 Å². The summed E-state index contributed by atoms with van der Waals surface area (Å²) in [4.78, 5) is 36.2. The Balaban J connectivity index is 1.68. The fourth-order valence-electron chi connectivity index (χ4n) is 2.46. The van der Waals surface area contributed by atoms with Crippen molar-refractivity contribution in [1.82, 2.24) is 0 Å². The van der Waals surface area contributed by atoms with Crippen molar-refractivity contribution in [3.63, 3.8) is 0 Å². The number of esters is 1. The van der Waals surface area contributed by atoms with E-state index in [1.54, 1.807) is 36.4 Å². The van der Waals surface area contributed by atoms with E-state index in [2.05, 4.69) is 5.32 Å². The number of amides is 1. The quantitative estimate of drug-likeness (QED) is 0.521. The van der Waals surface area contributed by atoms with Gasteiger partial charge < -0.3 is 10.1 Å². The van der Waals surface area contributed by atoms with E-state index in [0.717, 1.165) is 11.3 Å². The van der Waals surface area contributed by atoms with Crippen LogP contribution >= 0.6 is 11.3 Å². The summed E-state index contributed by atoms with van der Waals surface area (Å²) in [6.45, 7) is 2.87. The number of fused-ring (bicyclic) bond motifs is 1. The molecule has 1 aromatic heterocycles. The van der Waals surface area contributed by atoms with Crippen molar-refractivity contribution in [2.75, 3.05) is 5.32 Å². The number of hydrogen-bond donors (Lipinski definition) is 1. The molecular weight excluding hydrogens is 369 g/mol. The first-order valence-corrected chi connectivity index (χ1v) is 8.97. The molecule has 5 nitrogen and oxygen atoms in total. The molecule has 0 saturated heterocycles. The number of carbonyl (C=O) groups is 3. The summed E-state index contributed by atoms with van der Waals surface area (Å²) in [6, 6.07) is 12.5. The zero-order chi connectivity index (χ0) is 19.6. The number of benzene rings is 2. The van der Waals surface area contributed by atoms with Gasteiger partial charge >= 0.3 is 5.97 Å². The first-order chi connectivity index (χ1) is 12.8. The fourth-order valence-corrected chi connectivity index (χ4v) is 3.42. The van der Waals surface area contributed by atoms with E-state index < -0.39 is 23.8 Å². The Morgan fingerprint density at radius 2 is 1.85 bits per heavy atom. The summed E-state index contributed by atoms with van der Waals surface area (Å²) in [5.41, 5.74) is 0.893. The molecule has 2 aromatic carbocycles. The third-order valence-electron chi connectivity index (χ3n) is 3.90. The smallest absolute Gasteiger partial charge is 0.349 e. The van der Waals surface area contributed by atoms with Gasteiger partial charge in [0.05, 0.1) is 0 Å². The highest BCUT2D eigenvalue weighted by atomic mass is 32.1. The number of carbonyl (C=O) groups excluding carboxylic acids is 3. The molecule has 7 heteroatoms. The Morgan fingerprint density at radius 1 is 1.11 bits per heavy atom. The number of ketones is 1. The lowest BCUT2D eigenvalue weighted by molar-refractivity contribution is -0.123. The SMILES string of the molecule is CC(=O)c1cccc(NC(=O)C(C)OC(=O)c2cc3c(F)cccc3s2)c1. The van der Waals surface area contributed by atoms with E-state index in [1.807, 2.05) is 0 Å². The average molecular weight is 385 g/mol. The molecule has 0 aliphatic rings. The Morgan fingerprint density at radius 3 is 2.56 bits per heavy atom. The van der Waals surface area contributed by atoms with Crippen LogP contribution in [0.1, 0.15) is 33.9 Å². The molecule has 3 aromatic rings. The number of Topliss-reactive ketones (excluding diaryl/α,β-unsaturated/α-hetero) is 1. The second-order valence-electron chi connectivity index (χ2n) is 5.94. The molecule has 1 atom stereocenters. The predicted molar refractivity (Wildman–Crippen MR) is 102 cm³/mol. The molecule has 1 amide bonds. The summed E-state index contributed by atoms with van der Waals surface area (Å²) in [5, 5.41) is 2.94. The molecule has 1 unspecified atom stereocenters. The summed E-state index contributed by atoms with van der Waals surface area (Å²) < 4.78 is 19.6. The average Bonchev–Trinajstić information content (AvgIpc) is 3.07. The van der Waals surface area contributed by atoms with Gasteiger partial charge in [-0.2, -0.15) is 0 Å². The molecule has 0 radical (unpaired) electrons. The second-order valence-corrected chi connectivity index (χ2v) is 7.02. The van der Waals surface area contributed by atoms with E-state index in [4.69, 9.17) is 4.74 Å². The van der Waals surface area contributed by atoms with Crippen molar-refractivity contribution in [1.29, 1.82) is 0 Å². The zero-order valence-electron chi connectivity index (χ0n) is 14.6. The first kappa shape index (κ1) is 18.7. The van der Waals surface area contributed by atoms with Gasteiger partial charge in [-0.15, -0.1) is 11.3 Å². The van der Waals surface area contributed by atoms with Crippen molar-refractivity contribution in [3.8, 4) is 0 Å². The molecule has 0 saturated carbocycles. The minimum Gasteiger partial charge on any atom is -0.448 e. The lowest BCUT2D eigenvalue weighted by Gasteiger charge is -2.13. The van der Waals surface area contributed by atoms with Gasteiger partial charge in [-0.25, -0.2) is 9.18 Å². The standard InChI is InChI=1S/C20H16FNO4S/c1-11(23)13-5-3-6-14(9-13)22-19(24)12(2)26-20(25)18-10-15-16(21)7-4-8-17(15)27-18/h3-10,12H,1-2H3,(H,22,24). The largest absolute Gasteiger partial charge is 0.448 e. The number of halogens is 1. The molecule has 138 valence electrons. The topological polar surface area (TPSA) is 72.5 Å². The molecule has 3 rings (SSSR count). The number of nitrogens with one attached hydrogen (secondary N) is 1. The van der Waals surface area contributed by atoms with Gasteiger partial charge in [-0.1, -0.05) is 18.2 Å². The second kappa shape index (κ2) is 7.67. The Labute approximate surface area is 158 Å². The van der Waals surface area contributed by atoms with E-state index in [1.165, 1.54) is 26.0 Å². The van der Waals surface area contributed by atoms with Crippen LogP contribution < -0.4 is 5.32 Å². The number of ether oxygens (including phenoxy) is 1. The van der Waals surface area contributed by atoms with E-state index in [9.17, 15) is 18.8 Å². The highest BCUT2D eigenvalue weighted by Gasteiger charge is 2.21. The lowest BCUT2D eigenvalue weighted by atomic mass is 10.1. The third kappa shape index (κ3) is 4.20. The van der Waals surface area contributed by atoms with Gasteiger partial charge in [0.1, 0.15) is 10.7 Å². The van der Waals surface area contributed by atoms with Gasteiger partial charge in [-0.05, 0) is 44.2 Å². The number of thiophene rings is 1. The zero-order valence-corrected chi connectivity index (χ0v) is 15.4. The van der Waals surface area contributed by atoms with Crippen LogP contribution in [0.15, 0.2) is 48.5 Å². The monoisotopic (exact) mass is 385 g/mol. The summed E-state index contributed by atoms with van der Waals surface area (Å²) in [5.74, 6) is -1.77. The van der Waals surface area contributed by atoms with Crippen LogP contribution in [0.5, 0.6) is 0 Å². The highest BCUT2D eigenvalue weighted by molar-refractivity contribution is 7.20. The van der Waals surface area contributed by atoms with Crippen LogP contribution in [0, 0.1) is 5.82 Å². The maximum absolute atomic E-state index is 13.8. The van der Waals surface area contributed by atoms with Crippen molar-refractivity contribution in [3.05, 3.63) is 64.8 Å². The van der Waals surface area contributed by atoms with Gasteiger partial charge in [0, 0.05) is 21.3 Å². The van der Waals surface area contributed by atoms with E-state index >= 15 is 0 Å². The molecule has 0 aliphatic heterocycles. The molecule has 0 spiro atoms. The third-order valence-corrected chi connectivity index (χ3v) is 4.98. The molecule has 0 fully saturated rings. The van der Waals surface area contributed by atoms with Crippen molar-refractivity contribution in [2.45, 2.75) is 20.0 Å². The number of hydrogen-bond acceptors (Lipinski definition) is 5. The first-order valence-electron chi connectivity index (χ1n) is 8.16. The number of rotatable bonds is 5. The molecule has 0 aliphatic carbocycles. The van der Waals surface area contributed by atoms with E-state index in [-0.39, 0.29) is 10.7 Å². The van der Waals surface area contributed by atoms with Crippen LogP contribution in [-0.2, 0) is 9.53 Å². The maximum atomic E-state index is 13.8.